The van der Waals surface area contributed by atoms with Gasteiger partial charge in [-0.05, 0) is 50.1 Å². The molecule has 2 atom stereocenters. The molecule has 0 spiro atoms. The van der Waals surface area contributed by atoms with Gasteiger partial charge in [0.15, 0.2) is 0 Å². The van der Waals surface area contributed by atoms with Crippen LogP contribution < -0.4 is 5.73 Å². The van der Waals surface area contributed by atoms with Crippen LogP contribution in [-0.2, 0) is 19.4 Å². The lowest BCUT2D eigenvalue weighted by atomic mass is 9.89. The van der Waals surface area contributed by atoms with E-state index in [0.29, 0.717) is 12.4 Å². The van der Waals surface area contributed by atoms with E-state index in [-0.39, 0.29) is 12.6 Å². The van der Waals surface area contributed by atoms with Crippen molar-refractivity contribution in [3.8, 4) is 0 Å². The first-order valence-electron chi connectivity index (χ1n) is 8.57. The summed E-state index contributed by atoms with van der Waals surface area (Å²) < 4.78 is 0. The Labute approximate surface area is 140 Å². The number of fused-ring (bicyclic) bond motifs is 3. The molecular formula is C17H24N4OS. The van der Waals surface area contributed by atoms with Crippen LogP contribution in [0.1, 0.15) is 42.5 Å². The van der Waals surface area contributed by atoms with Crippen molar-refractivity contribution >= 4 is 27.4 Å². The van der Waals surface area contributed by atoms with Crippen LogP contribution in [0.4, 0.5) is 5.82 Å². The third-order valence-electron chi connectivity index (χ3n) is 5.28. The van der Waals surface area contributed by atoms with Gasteiger partial charge in [0.2, 0.25) is 0 Å². The van der Waals surface area contributed by atoms with E-state index in [1.54, 1.807) is 11.3 Å². The molecule has 0 aromatic carbocycles. The topological polar surface area (TPSA) is 75.3 Å². The zero-order valence-corrected chi connectivity index (χ0v) is 14.4. The maximum atomic E-state index is 9.47. The number of thiophene rings is 1. The van der Waals surface area contributed by atoms with E-state index in [1.807, 2.05) is 0 Å². The Hall–Kier alpha value is -1.24. The molecule has 0 saturated carbocycles. The molecule has 5 nitrogen and oxygen atoms in total. The molecule has 124 valence electrons. The van der Waals surface area contributed by atoms with Crippen molar-refractivity contribution < 1.29 is 5.11 Å². The number of aliphatic hydroxyl groups excluding tert-OH is 1. The summed E-state index contributed by atoms with van der Waals surface area (Å²) in [6.45, 7) is 4.22. The van der Waals surface area contributed by atoms with Crippen LogP contribution in [0.5, 0.6) is 0 Å². The predicted octanol–water partition coefficient (Wildman–Crippen LogP) is 2.36. The predicted molar refractivity (Wildman–Crippen MR) is 93.5 cm³/mol. The quantitative estimate of drug-likeness (QED) is 0.902. The van der Waals surface area contributed by atoms with Gasteiger partial charge in [0.05, 0.1) is 18.5 Å². The number of hydrogen-bond donors (Lipinski definition) is 2. The lowest BCUT2D eigenvalue weighted by molar-refractivity contribution is 0.151. The number of likely N-dealkylation sites (tertiary alicyclic amines) is 1. The summed E-state index contributed by atoms with van der Waals surface area (Å²) in [5, 5.41) is 10.6. The fraction of sp³-hybridized carbons (Fsp3) is 0.647. The molecule has 1 saturated heterocycles. The van der Waals surface area contributed by atoms with E-state index in [4.69, 9.17) is 10.7 Å². The molecule has 0 amide bonds. The van der Waals surface area contributed by atoms with Gasteiger partial charge in [-0.15, -0.1) is 11.3 Å². The number of hydrogen-bond acceptors (Lipinski definition) is 6. The maximum Gasteiger partial charge on any atom is 0.146 e. The summed E-state index contributed by atoms with van der Waals surface area (Å²) in [5.41, 5.74) is 7.68. The summed E-state index contributed by atoms with van der Waals surface area (Å²) in [6.07, 6.45) is 5.66. The number of aliphatic hydroxyl groups is 1. The summed E-state index contributed by atoms with van der Waals surface area (Å²) in [7, 11) is 0. The monoisotopic (exact) mass is 332 g/mol. The van der Waals surface area contributed by atoms with Gasteiger partial charge in [-0.2, -0.15) is 0 Å². The highest BCUT2D eigenvalue weighted by molar-refractivity contribution is 7.19. The summed E-state index contributed by atoms with van der Waals surface area (Å²) in [4.78, 5) is 14.2. The molecule has 0 bridgehead atoms. The van der Waals surface area contributed by atoms with Crippen LogP contribution in [0.25, 0.3) is 10.2 Å². The minimum absolute atomic E-state index is 0.211. The second kappa shape index (κ2) is 6.00. The van der Waals surface area contributed by atoms with E-state index in [9.17, 15) is 5.11 Å². The average molecular weight is 332 g/mol. The molecule has 2 aromatic rings. The van der Waals surface area contributed by atoms with Crippen molar-refractivity contribution in [1.29, 1.82) is 0 Å². The Morgan fingerprint density at radius 1 is 1.35 bits per heavy atom. The number of nitrogens with two attached hydrogens (primary N) is 1. The van der Waals surface area contributed by atoms with Crippen molar-refractivity contribution in [1.82, 2.24) is 14.9 Å². The van der Waals surface area contributed by atoms with E-state index in [0.717, 1.165) is 54.2 Å². The van der Waals surface area contributed by atoms with Crippen LogP contribution in [-0.4, -0.2) is 39.2 Å². The highest BCUT2D eigenvalue weighted by atomic mass is 32.1. The lowest BCUT2D eigenvalue weighted by Crippen LogP contribution is -2.32. The van der Waals surface area contributed by atoms with Gasteiger partial charge in [0, 0.05) is 10.9 Å². The highest BCUT2D eigenvalue weighted by Crippen LogP contribution is 2.39. The van der Waals surface area contributed by atoms with Crippen LogP contribution in [0, 0.1) is 5.92 Å². The molecule has 2 aliphatic rings. The summed E-state index contributed by atoms with van der Waals surface area (Å²) in [6, 6.07) is 0.243. The van der Waals surface area contributed by atoms with E-state index in [2.05, 4.69) is 16.8 Å². The van der Waals surface area contributed by atoms with Gasteiger partial charge in [-0.1, -0.05) is 6.92 Å². The maximum absolute atomic E-state index is 9.47. The van der Waals surface area contributed by atoms with Crippen molar-refractivity contribution in [3.05, 3.63) is 16.3 Å². The smallest absolute Gasteiger partial charge is 0.146 e. The molecule has 1 aliphatic carbocycles. The number of anilines is 1. The number of nitrogens with zero attached hydrogens (tertiary/aromatic N) is 3. The third-order valence-corrected chi connectivity index (χ3v) is 6.43. The number of aryl methyl sites for hydroxylation is 1. The minimum atomic E-state index is 0.211. The minimum Gasteiger partial charge on any atom is -0.395 e. The van der Waals surface area contributed by atoms with E-state index < -0.39 is 0 Å². The summed E-state index contributed by atoms with van der Waals surface area (Å²) in [5.74, 6) is 2.18. The Balaban J connectivity index is 1.67. The zero-order valence-electron chi connectivity index (χ0n) is 13.6. The van der Waals surface area contributed by atoms with Crippen molar-refractivity contribution in [2.45, 2.75) is 51.6 Å². The highest BCUT2D eigenvalue weighted by Gasteiger charge is 2.26. The SMILES string of the molecule is CC1CCc2c(sc3nc(CN4CCCC4CO)nc(N)c23)C1. The second-order valence-electron chi connectivity index (χ2n) is 7.01. The van der Waals surface area contributed by atoms with E-state index >= 15 is 0 Å². The lowest BCUT2D eigenvalue weighted by Gasteiger charge is -2.21. The molecule has 2 aromatic heterocycles. The summed E-state index contributed by atoms with van der Waals surface area (Å²) >= 11 is 1.80. The number of aromatic nitrogens is 2. The Morgan fingerprint density at radius 3 is 3.04 bits per heavy atom. The number of nitrogen functional groups attached to an aromatic ring is 1. The third kappa shape index (κ3) is 2.73. The van der Waals surface area contributed by atoms with Crippen molar-refractivity contribution in [2.24, 2.45) is 5.92 Å². The largest absolute Gasteiger partial charge is 0.395 e. The molecule has 2 unspecified atom stereocenters. The standard InChI is InChI=1S/C17H24N4OS/c1-10-4-5-12-13(7-10)23-17-15(12)16(18)19-14(20-17)8-21-6-2-3-11(21)9-22/h10-11,22H,2-9H2,1H3,(H2,18,19,20). The zero-order chi connectivity index (χ0) is 16.0. The van der Waals surface area contributed by atoms with Gasteiger partial charge in [-0.3, -0.25) is 4.90 Å². The average Bonchev–Trinajstić information content (AvgIpc) is 3.10. The second-order valence-corrected chi connectivity index (χ2v) is 8.09. The molecule has 3 heterocycles. The normalized spacial score (nSPS) is 25.1. The molecular weight excluding hydrogens is 308 g/mol. The Kier molecular flexibility index (Phi) is 3.99. The number of rotatable bonds is 3. The molecule has 1 fully saturated rings. The van der Waals surface area contributed by atoms with Crippen LogP contribution in [0.3, 0.4) is 0 Å². The van der Waals surface area contributed by atoms with Crippen LogP contribution in [0.2, 0.25) is 0 Å². The van der Waals surface area contributed by atoms with Gasteiger partial charge >= 0.3 is 0 Å². The van der Waals surface area contributed by atoms with Crippen LogP contribution in [0.15, 0.2) is 0 Å². The molecule has 0 radical (unpaired) electrons. The first-order valence-corrected chi connectivity index (χ1v) is 9.39. The molecule has 4 rings (SSSR count). The fourth-order valence-electron chi connectivity index (χ4n) is 3.98. The molecule has 23 heavy (non-hydrogen) atoms. The Morgan fingerprint density at radius 2 is 2.22 bits per heavy atom. The van der Waals surface area contributed by atoms with Gasteiger partial charge in [0.25, 0.3) is 0 Å². The van der Waals surface area contributed by atoms with Crippen LogP contribution >= 0.6 is 11.3 Å². The van der Waals surface area contributed by atoms with Crippen molar-refractivity contribution in [3.63, 3.8) is 0 Å². The fourth-order valence-corrected chi connectivity index (χ4v) is 5.39. The van der Waals surface area contributed by atoms with Gasteiger partial charge in [0.1, 0.15) is 16.5 Å². The van der Waals surface area contributed by atoms with Gasteiger partial charge < -0.3 is 10.8 Å². The van der Waals surface area contributed by atoms with E-state index in [1.165, 1.54) is 16.9 Å². The first-order chi connectivity index (χ1) is 11.2. The molecule has 1 aliphatic heterocycles. The Bertz CT molecular complexity index is 729. The van der Waals surface area contributed by atoms with Crippen molar-refractivity contribution in [2.75, 3.05) is 18.9 Å². The molecule has 3 N–H and O–H groups in total. The first kappa shape index (κ1) is 15.3. The van der Waals surface area contributed by atoms with Gasteiger partial charge in [-0.25, -0.2) is 9.97 Å². The molecule has 6 heteroatoms.